The van der Waals surface area contributed by atoms with E-state index < -0.39 is 14.8 Å². The molecule has 0 bridgehead atoms. The Kier molecular flexibility index (Phi) is 4.72. The zero-order valence-corrected chi connectivity index (χ0v) is 12.8. The fraction of sp³-hybridized carbons (Fsp3) is 0.125. The van der Waals surface area contributed by atoms with Crippen molar-refractivity contribution >= 4 is 21.6 Å². The van der Waals surface area contributed by atoms with Crippen molar-refractivity contribution in [1.29, 1.82) is 0 Å². The molecule has 2 rings (SSSR count). The number of sulfone groups is 1. The lowest BCUT2D eigenvalue weighted by Crippen LogP contribution is -1.99. The van der Waals surface area contributed by atoms with Crippen molar-refractivity contribution in [2.75, 3.05) is 0 Å². The zero-order chi connectivity index (χ0) is 16.2. The van der Waals surface area contributed by atoms with E-state index in [1.54, 1.807) is 12.1 Å². The van der Waals surface area contributed by atoms with Crippen molar-refractivity contribution < 1.29 is 13.3 Å². The molecule has 0 fully saturated rings. The first kappa shape index (κ1) is 15.9. The van der Waals surface area contributed by atoms with Crippen LogP contribution in [0.25, 0.3) is 6.08 Å². The molecule has 0 amide bonds. The van der Waals surface area contributed by atoms with Crippen LogP contribution < -0.4 is 0 Å². The van der Waals surface area contributed by atoms with Crippen molar-refractivity contribution in [3.8, 4) is 0 Å². The largest absolute Gasteiger partial charge is 0.269 e. The summed E-state index contributed by atoms with van der Waals surface area (Å²) >= 11 is 0. The summed E-state index contributed by atoms with van der Waals surface area (Å²) in [7, 11) is -3.39. The van der Waals surface area contributed by atoms with E-state index in [1.165, 1.54) is 30.3 Å². The van der Waals surface area contributed by atoms with Crippen molar-refractivity contribution in [3.63, 3.8) is 0 Å². The van der Waals surface area contributed by atoms with Gasteiger partial charge in [0, 0.05) is 17.5 Å². The van der Waals surface area contributed by atoms with Gasteiger partial charge in [-0.1, -0.05) is 29.8 Å². The van der Waals surface area contributed by atoms with Gasteiger partial charge >= 0.3 is 0 Å². The predicted molar refractivity (Wildman–Crippen MR) is 85.9 cm³/mol. The van der Waals surface area contributed by atoms with Crippen LogP contribution in [-0.2, 0) is 15.6 Å². The van der Waals surface area contributed by atoms with Crippen LogP contribution in [0.2, 0.25) is 0 Å². The van der Waals surface area contributed by atoms with Crippen molar-refractivity contribution in [1.82, 2.24) is 0 Å². The maximum absolute atomic E-state index is 12.0. The Labute approximate surface area is 129 Å². The third-order valence-electron chi connectivity index (χ3n) is 3.06. The van der Waals surface area contributed by atoms with Gasteiger partial charge in [-0.25, -0.2) is 8.42 Å². The maximum Gasteiger partial charge on any atom is 0.269 e. The molecule has 0 aliphatic rings. The van der Waals surface area contributed by atoms with E-state index in [4.69, 9.17) is 0 Å². The summed E-state index contributed by atoms with van der Waals surface area (Å²) in [6.07, 6.45) is 1.44. The van der Waals surface area contributed by atoms with E-state index in [1.807, 2.05) is 19.1 Å². The lowest BCUT2D eigenvalue weighted by Gasteiger charge is -2.01. The molecule has 0 unspecified atom stereocenters. The van der Waals surface area contributed by atoms with Crippen LogP contribution in [0.5, 0.6) is 0 Å². The van der Waals surface area contributed by atoms with Gasteiger partial charge in [0.25, 0.3) is 5.69 Å². The predicted octanol–water partition coefficient (Wildman–Crippen LogP) is 3.49. The first-order chi connectivity index (χ1) is 10.4. The highest BCUT2D eigenvalue weighted by molar-refractivity contribution is 7.93. The van der Waals surface area contributed by atoms with Gasteiger partial charge in [0.2, 0.25) is 0 Å². The number of nitro benzene ring substituents is 1. The van der Waals surface area contributed by atoms with E-state index in [2.05, 4.69) is 0 Å². The van der Waals surface area contributed by atoms with Crippen LogP contribution in [-0.4, -0.2) is 13.3 Å². The third kappa shape index (κ3) is 4.53. The Morgan fingerprint density at radius 1 is 1.05 bits per heavy atom. The monoisotopic (exact) mass is 317 g/mol. The Bertz CT molecular complexity index is 791. The molecule has 0 heterocycles. The van der Waals surface area contributed by atoms with Crippen LogP contribution in [0.15, 0.2) is 53.9 Å². The molecule has 0 aliphatic carbocycles. The molecule has 6 heteroatoms. The highest BCUT2D eigenvalue weighted by atomic mass is 32.2. The van der Waals surface area contributed by atoms with Crippen molar-refractivity contribution in [2.24, 2.45) is 0 Å². The molecule has 0 aromatic heterocycles. The molecule has 0 radical (unpaired) electrons. The maximum atomic E-state index is 12.0. The number of nitrogens with zero attached hydrogens (tertiary/aromatic N) is 1. The normalized spacial score (nSPS) is 11.7. The summed E-state index contributed by atoms with van der Waals surface area (Å²) in [5.74, 6) is -0.0727. The molecule has 5 nitrogen and oxygen atoms in total. The molecule has 0 aliphatic heterocycles. The van der Waals surface area contributed by atoms with Crippen LogP contribution in [0.4, 0.5) is 5.69 Å². The van der Waals surface area contributed by atoms with E-state index in [0.717, 1.165) is 16.5 Å². The van der Waals surface area contributed by atoms with Crippen molar-refractivity contribution in [2.45, 2.75) is 12.7 Å². The lowest BCUT2D eigenvalue weighted by atomic mass is 10.2. The Morgan fingerprint density at radius 3 is 2.18 bits per heavy atom. The topological polar surface area (TPSA) is 77.3 Å². The van der Waals surface area contributed by atoms with E-state index in [0.29, 0.717) is 5.56 Å². The summed E-state index contributed by atoms with van der Waals surface area (Å²) in [6.45, 7) is 1.94. The smallest absolute Gasteiger partial charge is 0.258 e. The van der Waals surface area contributed by atoms with Gasteiger partial charge in [0.05, 0.1) is 10.7 Å². The van der Waals surface area contributed by atoms with E-state index in [-0.39, 0.29) is 11.4 Å². The number of benzene rings is 2. The molecule has 0 spiro atoms. The van der Waals surface area contributed by atoms with Crippen molar-refractivity contribution in [3.05, 3.63) is 80.7 Å². The summed E-state index contributed by atoms with van der Waals surface area (Å²) in [5.41, 5.74) is 2.36. The molecule has 0 N–H and O–H groups in total. The second-order valence-corrected chi connectivity index (χ2v) is 6.83. The minimum absolute atomic E-state index is 0.0281. The van der Waals surface area contributed by atoms with Crippen LogP contribution >= 0.6 is 0 Å². The minimum atomic E-state index is -3.39. The second kappa shape index (κ2) is 6.53. The second-order valence-electron chi connectivity index (χ2n) is 4.94. The highest BCUT2D eigenvalue weighted by Crippen LogP contribution is 2.15. The molecule has 22 heavy (non-hydrogen) atoms. The van der Waals surface area contributed by atoms with Gasteiger partial charge in [-0.3, -0.25) is 10.1 Å². The number of rotatable bonds is 5. The van der Waals surface area contributed by atoms with Gasteiger partial charge < -0.3 is 0 Å². The summed E-state index contributed by atoms with van der Waals surface area (Å²) in [4.78, 5) is 10.0. The molecule has 0 atom stereocenters. The van der Waals surface area contributed by atoms with Gasteiger partial charge in [-0.05, 0) is 36.3 Å². The lowest BCUT2D eigenvalue weighted by molar-refractivity contribution is -0.384. The molecule has 2 aromatic carbocycles. The number of hydrogen-bond donors (Lipinski definition) is 0. The van der Waals surface area contributed by atoms with Crippen LogP contribution in [0.1, 0.15) is 16.7 Å². The van der Waals surface area contributed by atoms with Gasteiger partial charge in [-0.15, -0.1) is 0 Å². The number of aryl methyl sites for hydroxylation is 1. The number of hydrogen-bond acceptors (Lipinski definition) is 4. The zero-order valence-electron chi connectivity index (χ0n) is 12.0. The van der Waals surface area contributed by atoms with Gasteiger partial charge in [-0.2, -0.15) is 0 Å². The van der Waals surface area contributed by atoms with E-state index >= 15 is 0 Å². The minimum Gasteiger partial charge on any atom is -0.258 e. The molecular formula is C16H15NO4S. The van der Waals surface area contributed by atoms with E-state index in [9.17, 15) is 18.5 Å². The Morgan fingerprint density at radius 2 is 1.64 bits per heavy atom. The first-order valence-electron chi connectivity index (χ1n) is 6.56. The molecule has 2 aromatic rings. The summed E-state index contributed by atoms with van der Waals surface area (Å²) in [5, 5.41) is 11.7. The average molecular weight is 317 g/mol. The quantitative estimate of drug-likeness (QED) is 0.624. The Balaban J connectivity index is 2.10. The summed E-state index contributed by atoms with van der Waals surface area (Å²) in [6, 6.07) is 13.0. The summed E-state index contributed by atoms with van der Waals surface area (Å²) < 4.78 is 24.1. The standard InChI is InChI=1S/C16H15NO4S/c1-13-2-4-15(5-3-13)12-22(20,21)11-10-14-6-8-16(9-7-14)17(18)19/h2-11H,12H2,1H3. The van der Waals surface area contributed by atoms with Gasteiger partial charge in [0.1, 0.15) is 0 Å². The molecule has 0 saturated heterocycles. The van der Waals surface area contributed by atoms with Crippen LogP contribution in [0, 0.1) is 17.0 Å². The average Bonchev–Trinajstić information content (AvgIpc) is 2.48. The molecule has 114 valence electrons. The third-order valence-corrected chi connectivity index (χ3v) is 4.35. The fourth-order valence-corrected chi connectivity index (χ4v) is 2.97. The number of non-ortho nitro benzene ring substituents is 1. The molecular weight excluding hydrogens is 302 g/mol. The molecule has 0 saturated carbocycles. The number of nitro groups is 1. The van der Waals surface area contributed by atoms with Crippen LogP contribution in [0.3, 0.4) is 0 Å². The van der Waals surface area contributed by atoms with Gasteiger partial charge in [0.15, 0.2) is 9.84 Å². The fourth-order valence-electron chi connectivity index (χ4n) is 1.85. The SMILES string of the molecule is Cc1ccc(CS(=O)(=O)C=Cc2ccc([N+](=O)[O-])cc2)cc1. The first-order valence-corrected chi connectivity index (χ1v) is 8.28. The highest BCUT2D eigenvalue weighted by Gasteiger charge is 2.08. The Hall–Kier alpha value is -2.47.